The van der Waals surface area contributed by atoms with Crippen molar-refractivity contribution < 1.29 is 4.79 Å². The van der Waals surface area contributed by atoms with Crippen LogP contribution in [0.3, 0.4) is 0 Å². The van der Waals surface area contributed by atoms with E-state index in [-0.39, 0.29) is 5.91 Å². The molecule has 0 aliphatic heterocycles. The molecule has 2 atom stereocenters. The van der Waals surface area contributed by atoms with Gasteiger partial charge in [0.2, 0.25) is 0 Å². The molecule has 0 saturated heterocycles. The van der Waals surface area contributed by atoms with Crippen LogP contribution in [0.5, 0.6) is 0 Å². The fourth-order valence-electron chi connectivity index (χ4n) is 2.61. The topological polar surface area (TPSA) is 29.1 Å². The molecule has 18 heavy (non-hydrogen) atoms. The number of amides is 1. The standard InChI is InChI=1S/C14H21NOS2/c1-4-17-13-7-5-6-12(13)15-14(16)11-8-9(2)18-10(11)3/h8,12-13H,4-7H2,1-3H3,(H,15,16). The summed E-state index contributed by atoms with van der Waals surface area (Å²) in [6.07, 6.45) is 3.61. The molecule has 0 bridgehead atoms. The number of thioether (sulfide) groups is 1. The maximum Gasteiger partial charge on any atom is 0.252 e. The summed E-state index contributed by atoms with van der Waals surface area (Å²) in [5, 5.41) is 3.84. The molecule has 1 heterocycles. The molecule has 1 aromatic rings. The van der Waals surface area contributed by atoms with Gasteiger partial charge in [-0.15, -0.1) is 11.3 Å². The minimum atomic E-state index is 0.116. The van der Waals surface area contributed by atoms with Gasteiger partial charge < -0.3 is 5.32 Å². The minimum Gasteiger partial charge on any atom is -0.348 e. The number of nitrogens with one attached hydrogen (secondary N) is 1. The van der Waals surface area contributed by atoms with Crippen molar-refractivity contribution in [1.82, 2.24) is 5.32 Å². The third-order valence-electron chi connectivity index (χ3n) is 3.44. The zero-order valence-corrected chi connectivity index (χ0v) is 12.9. The average molecular weight is 283 g/mol. The van der Waals surface area contributed by atoms with E-state index in [0.717, 1.165) is 22.6 Å². The molecular weight excluding hydrogens is 262 g/mol. The first-order chi connectivity index (χ1) is 8.61. The van der Waals surface area contributed by atoms with E-state index in [0.29, 0.717) is 11.3 Å². The first kappa shape index (κ1) is 13.9. The molecule has 0 radical (unpaired) electrons. The van der Waals surface area contributed by atoms with Gasteiger partial charge in [-0.2, -0.15) is 11.8 Å². The number of hydrogen-bond donors (Lipinski definition) is 1. The van der Waals surface area contributed by atoms with Crippen LogP contribution in [0, 0.1) is 13.8 Å². The number of hydrogen-bond acceptors (Lipinski definition) is 3. The van der Waals surface area contributed by atoms with Crippen LogP contribution in [0.15, 0.2) is 6.07 Å². The number of thiophene rings is 1. The molecule has 2 rings (SSSR count). The van der Waals surface area contributed by atoms with Crippen molar-refractivity contribution >= 4 is 29.0 Å². The second-order valence-corrected chi connectivity index (χ2v) is 7.81. The van der Waals surface area contributed by atoms with Crippen molar-refractivity contribution in [1.29, 1.82) is 0 Å². The molecule has 2 unspecified atom stereocenters. The van der Waals surface area contributed by atoms with E-state index in [9.17, 15) is 4.79 Å². The lowest BCUT2D eigenvalue weighted by Crippen LogP contribution is -2.38. The Morgan fingerprint density at radius 3 is 2.89 bits per heavy atom. The summed E-state index contributed by atoms with van der Waals surface area (Å²) < 4.78 is 0. The first-order valence-corrected chi connectivity index (χ1v) is 8.47. The smallest absolute Gasteiger partial charge is 0.252 e. The lowest BCUT2D eigenvalue weighted by atomic mass is 10.2. The number of rotatable bonds is 4. The molecule has 0 spiro atoms. The second kappa shape index (κ2) is 6.11. The van der Waals surface area contributed by atoms with Crippen LogP contribution in [-0.2, 0) is 0 Å². The summed E-state index contributed by atoms with van der Waals surface area (Å²) >= 11 is 3.68. The fourth-order valence-corrected chi connectivity index (χ4v) is 4.73. The largest absolute Gasteiger partial charge is 0.348 e. The summed E-state index contributed by atoms with van der Waals surface area (Å²) in [6, 6.07) is 2.37. The highest BCUT2D eigenvalue weighted by molar-refractivity contribution is 7.99. The van der Waals surface area contributed by atoms with Gasteiger partial charge in [0.25, 0.3) is 5.91 Å². The Morgan fingerprint density at radius 2 is 2.28 bits per heavy atom. The van der Waals surface area contributed by atoms with Gasteiger partial charge in [-0.1, -0.05) is 13.3 Å². The highest BCUT2D eigenvalue weighted by Crippen LogP contribution is 2.30. The highest BCUT2D eigenvalue weighted by Gasteiger charge is 2.29. The minimum absolute atomic E-state index is 0.116. The van der Waals surface area contributed by atoms with Crippen molar-refractivity contribution in [3.05, 3.63) is 21.4 Å². The van der Waals surface area contributed by atoms with Crippen LogP contribution in [0.2, 0.25) is 0 Å². The fraction of sp³-hybridized carbons (Fsp3) is 0.643. The van der Waals surface area contributed by atoms with Gasteiger partial charge in [-0.05, 0) is 38.5 Å². The molecular formula is C14H21NOS2. The molecule has 1 saturated carbocycles. The normalized spacial score (nSPS) is 23.3. The quantitative estimate of drug-likeness (QED) is 0.911. The molecule has 1 amide bonds. The van der Waals surface area contributed by atoms with Gasteiger partial charge in [0.15, 0.2) is 0 Å². The average Bonchev–Trinajstić information content (AvgIpc) is 2.87. The second-order valence-electron chi connectivity index (χ2n) is 4.83. The van der Waals surface area contributed by atoms with Crippen molar-refractivity contribution in [3.8, 4) is 0 Å². The van der Waals surface area contributed by atoms with Gasteiger partial charge >= 0.3 is 0 Å². The molecule has 1 fully saturated rings. The zero-order chi connectivity index (χ0) is 13.1. The van der Waals surface area contributed by atoms with Gasteiger partial charge in [0.05, 0.1) is 5.56 Å². The molecule has 0 aromatic carbocycles. The van der Waals surface area contributed by atoms with E-state index >= 15 is 0 Å². The third kappa shape index (κ3) is 3.09. The number of carbonyl (C=O) groups is 1. The van der Waals surface area contributed by atoms with E-state index in [1.54, 1.807) is 11.3 Å². The van der Waals surface area contributed by atoms with Crippen LogP contribution in [-0.4, -0.2) is 23.0 Å². The van der Waals surface area contributed by atoms with E-state index < -0.39 is 0 Å². The zero-order valence-electron chi connectivity index (χ0n) is 11.3. The van der Waals surface area contributed by atoms with Crippen LogP contribution in [0.1, 0.15) is 46.3 Å². The Balaban J connectivity index is 2.00. The Hall–Kier alpha value is -0.480. The van der Waals surface area contributed by atoms with Crippen LogP contribution < -0.4 is 5.32 Å². The van der Waals surface area contributed by atoms with Crippen LogP contribution >= 0.6 is 23.1 Å². The number of carbonyl (C=O) groups excluding carboxylic acids is 1. The van der Waals surface area contributed by atoms with E-state index in [2.05, 4.69) is 19.2 Å². The summed E-state index contributed by atoms with van der Waals surface area (Å²) in [6.45, 7) is 6.27. The molecule has 1 aliphatic rings. The lowest BCUT2D eigenvalue weighted by molar-refractivity contribution is 0.0938. The Labute approximate surface area is 118 Å². The predicted molar refractivity (Wildman–Crippen MR) is 80.8 cm³/mol. The van der Waals surface area contributed by atoms with Gasteiger partial charge in [-0.3, -0.25) is 4.79 Å². The molecule has 1 aliphatic carbocycles. The van der Waals surface area contributed by atoms with Gasteiger partial charge in [0.1, 0.15) is 0 Å². The summed E-state index contributed by atoms with van der Waals surface area (Å²) in [5.74, 6) is 1.25. The molecule has 100 valence electrons. The lowest BCUT2D eigenvalue weighted by Gasteiger charge is -2.20. The third-order valence-corrected chi connectivity index (χ3v) is 5.73. The van der Waals surface area contributed by atoms with Gasteiger partial charge in [-0.25, -0.2) is 0 Å². The van der Waals surface area contributed by atoms with E-state index in [1.165, 1.54) is 17.7 Å². The Morgan fingerprint density at radius 1 is 1.50 bits per heavy atom. The first-order valence-electron chi connectivity index (χ1n) is 6.61. The van der Waals surface area contributed by atoms with Crippen molar-refractivity contribution in [2.24, 2.45) is 0 Å². The van der Waals surface area contributed by atoms with E-state index in [1.807, 2.05) is 24.8 Å². The Kier molecular flexibility index (Phi) is 4.73. The molecule has 1 N–H and O–H groups in total. The predicted octanol–water partition coefficient (Wildman–Crippen LogP) is 3.77. The summed E-state index contributed by atoms with van der Waals surface area (Å²) in [5.41, 5.74) is 0.865. The maximum atomic E-state index is 12.3. The Bertz CT molecular complexity index is 427. The van der Waals surface area contributed by atoms with Crippen molar-refractivity contribution in [2.75, 3.05) is 5.75 Å². The molecule has 4 heteroatoms. The number of aryl methyl sites for hydroxylation is 2. The van der Waals surface area contributed by atoms with Crippen LogP contribution in [0.25, 0.3) is 0 Å². The SMILES string of the molecule is CCSC1CCCC1NC(=O)c1cc(C)sc1C. The van der Waals surface area contributed by atoms with Crippen LogP contribution in [0.4, 0.5) is 0 Å². The monoisotopic (exact) mass is 283 g/mol. The van der Waals surface area contributed by atoms with E-state index in [4.69, 9.17) is 0 Å². The summed E-state index contributed by atoms with van der Waals surface area (Å²) in [7, 11) is 0. The summed E-state index contributed by atoms with van der Waals surface area (Å²) in [4.78, 5) is 14.6. The molecule has 2 nitrogen and oxygen atoms in total. The highest BCUT2D eigenvalue weighted by atomic mass is 32.2. The molecule has 1 aromatic heterocycles. The van der Waals surface area contributed by atoms with Crippen molar-refractivity contribution in [3.63, 3.8) is 0 Å². The maximum absolute atomic E-state index is 12.3. The van der Waals surface area contributed by atoms with Crippen molar-refractivity contribution in [2.45, 2.75) is 51.3 Å². The van der Waals surface area contributed by atoms with Gasteiger partial charge in [0, 0.05) is 21.0 Å².